The molecule has 1 heterocycles. The fourth-order valence-electron chi connectivity index (χ4n) is 4.53. The summed E-state index contributed by atoms with van der Waals surface area (Å²) in [5, 5.41) is 3.13. The Morgan fingerprint density at radius 1 is 0.765 bits per heavy atom. The highest BCUT2D eigenvalue weighted by molar-refractivity contribution is 6.01. The van der Waals surface area contributed by atoms with Crippen LogP contribution in [0.25, 0.3) is 0 Å². The Bertz CT molecular complexity index is 1060. The predicted molar refractivity (Wildman–Crippen MR) is 138 cm³/mol. The molecule has 0 bridgehead atoms. The van der Waals surface area contributed by atoms with Gasteiger partial charge in [-0.15, -0.1) is 0 Å². The van der Waals surface area contributed by atoms with Crippen molar-refractivity contribution in [2.45, 2.75) is 26.2 Å². The molecule has 4 rings (SSSR count). The Hall–Kier alpha value is -3.60. The van der Waals surface area contributed by atoms with Crippen LogP contribution in [0.2, 0.25) is 0 Å². The van der Waals surface area contributed by atoms with Crippen molar-refractivity contribution in [3.8, 4) is 0 Å². The molecule has 0 atom stereocenters. The van der Waals surface area contributed by atoms with Gasteiger partial charge in [-0.1, -0.05) is 74.5 Å². The van der Waals surface area contributed by atoms with Crippen LogP contribution in [0, 0.1) is 5.92 Å². The zero-order chi connectivity index (χ0) is 24.1. The first kappa shape index (κ1) is 23.6. The minimum atomic E-state index is -0.819. The molecule has 3 aromatic carbocycles. The summed E-state index contributed by atoms with van der Waals surface area (Å²) in [6.45, 7) is 8.96. The maximum Gasteiger partial charge on any atom is 0.239 e. The molecular weight excluding hydrogens is 422 g/mol. The number of carbonyl (C=O) groups excluding carboxylic acids is 2. The van der Waals surface area contributed by atoms with E-state index in [9.17, 15) is 9.59 Å². The first-order valence-electron chi connectivity index (χ1n) is 12.0. The highest BCUT2D eigenvalue weighted by atomic mass is 16.2. The summed E-state index contributed by atoms with van der Waals surface area (Å²) in [5.74, 6) is 0.183. The molecule has 2 amide bonds. The fraction of sp³-hybridized carbons (Fsp3) is 0.310. The van der Waals surface area contributed by atoms with Crippen LogP contribution in [0.5, 0.6) is 0 Å². The number of benzene rings is 3. The molecule has 0 spiro atoms. The molecule has 1 aliphatic heterocycles. The monoisotopic (exact) mass is 455 g/mol. The van der Waals surface area contributed by atoms with Crippen molar-refractivity contribution in [3.63, 3.8) is 0 Å². The Morgan fingerprint density at radius 3 is 1.74 bits per heavy atom. The molecule has 0 unspecified atom stereocenters. The second kappa shape index (κ2) is 10.1. The van der Waals surface area contributed by atoms with E-state index in [0.717, 1.165) is 48.7 Å². The number of anilines is 2. The quantitative estimate of drug-likeness (QED) is 0.573. The average molecular weight is 456 g/mol. The number of nitrogens with one attached hydrogen (secondary N) is 1. The topological polar surface area (TPSA) is 52.7 Å². The Balaban J connectivity index is 1.47. The minimum absolute atomic E-state index is 0.0342. The second-order valence-corrected chi connectivity index (χ2v) is 9.33. The largest absolute Gasteiger partial charge is 0.368 e. The van der Waals surface area contributed by atoms with Crippen molar-refractivity contribution in [1.29, 1.82) is 0 Å². The molecule has 1 saturated heterocycles. The molecule has 0 radical (unpaired) electrons. The molecule has 0 aromatic heterocycles. The van der Waals surface area contributed by atoms with Crippen LogP contribution in [0.1, 0.15) is 31.9 Å². The Morgan fingerprint density at radius 2 is 1.26 bits per heavy atom. The molecule has 1 fully saturated rings. The van der Waals surface area contributed by atoms with Crippen LogP contribution >= 0.6 is 0 Å². The minimum Gasteiger partial charge on any atom is -0.368 e. The van der Waals surface area contributed by atoms with Gasteiger partial charge in [0.05, 0.1) is 5.41 Å². The SMILES string of the molecule is CC(C)C(=O)N1CCN(c2ccc(NC(=O)C(C)(c3ccccc3)c3ccccc3)cc2)CC1. The summed E-state index contributed by atoms with van der Waals surface area (Å²) in [7, 11) is 0. The Labute approximate surface area is 202 Å². The van der Waals surface area contributed by atoms with Crippen LogP contribution in [-0.4, -0.2) is 42.9 Å². The summed E-state index contributed by atoms with van der Waals surface area (Å²) in [5.41, 5.74) is 2.94. The maximum atomic E-state index is 13.6. The summed E-state index contributed by atoms with van der Waals surface area (Å²) in [6, 6.07) is 27.8. The van der Waals surface area contributed by atoms with E-state index in [1.165, 1.54) is 0 Å². The van der Waals surface area contributed by atoms with Crippen molar-refractivity contribution in [3.05, 3.63) is 96.1 Å². The molecule has 5 nitrogen and oxygen atoms in total. The van der Waals surface area contributed by atoms with E-state index < -0.39 is 5.41 Å². The molecule has 1 aliphatic rings. The predicted octanol–water partition coefficient (Wildman–Crippen LogP) is 4.94. The highest BCUT2D eigenvalue weighted by Gasteiger charge is 2.37. The van der Waals surface area contributed by atoms with Gasteiger partial charge in [0, 0.05) is 43.5 Å². The summed E-state index contributed by atoms with van der Waals surface area (Å²) in [4.78, 5) is 30.1. The summed E-state index contributed by atoms with van der Waals surface area (Å²) < 4.78 is 0. The van der Waals surface area contributed by atoms with Gasteiger partial charge in [-0.05, 0) is 42.3 Å². The van der Waals surface area contributed by atoms with Gasteiger partial charge in [0.1, 0.15) is 0 Å². The summed E-state index contributed by atoms with van der Waals surface area (Å²) >= 11 is 0. The van der Waals surface area contributed by atoms with Crippen LogP contribution < -0.4 is 10.2 Å². The molecule has 0 aliphatic carbocycles. The normalized spacial score (nSPS) is 14.2. The van der Waals surface area contributed by atoms with Gasteiger partial charge >= 0.3 is 0 Å². The van der Waals surface area contributed by atoms with Crippen LogP contribution in [0.3, 0.4) is 0 Å². The van der Waals surface area contributed by atoms with Crippen molar-refractivity contribution in [1.82, 2.24) is 4.90 Å². The zero-order valence-corrected chi connectivity index (χ0v) is 20.2. The lowest BCUT2D eigenvalue weighted by Gasteiger charge is -2.37. The van der Waals surface area contributed by atoms with E-state index in [-0.39, 0.29) is 17.7 Å². The first-order valence-corrected chi connectivity index (χ1v) is 12.0. The first-order chi connectivity index (χ1) is 16.4. The second-order valence-electron chi connectivity index (χ2n) is 9.33. The molecule has 176 valence electrons. The summed E-state index contributed by atoms with van der Waals surface area (Å²) in [6.07, 6.45) is 0. The Kier molecular flexibility index (Phi) is 7.01. The van der Waals surface area contributed by atoms with Crippen LogP contribution in [0.4, 0.5) is 11.4 Å². The maximum absolute atomic E-state index is 13.6. The van der Waals surface area contributed by atoms with Crippen LogP contribution in [0.15, 0.2) is 84.9 Å². The van der Waals surface area contributed by atoms with Crippen molar-refractivity contribution in [2.75, 3.05) is 36.4 Å². The van der Waals surface area contributed by atoms with Gasteiger partial charge in [0.2, 0.25) is 11.8 Å². The number of carbonyl (C=O) groups is 2. The average Bonchev–Trinajstić information content (AvgIpc) is 2.89. The van der Waals surface area contributed by atoms with Gasteiger partial charge in [0.15, 0.2) is 0 Å². The number of hydrogen-bond acceptors (Lipinski definition) is 3. The van der Waals surface area contributed by atoms with E-state index in [4.69, 9.17) is 0 Å². The number of piperazine rings is 1. The smallest absolute Gasteiger partial charge is 0.239 e. The zero-order valence-electron chi connectivity index (χ0n) is 20.2. The molecule has 5 heteroatoms. The number of nitrogens with zero attached hydrogens (tertiary/aromatic N) is 2. The van der Waals surface area contributed by atoms with Gasteiger partial charge in [-0.2, -0.15) is 0 Å². The third-order valence-electron chi connectivity index (χ3n) is 6.73. The van der Waals surface area contributed by atoms with E-state index in [0.29, 0.717) is 0 Å². The molecular formula is C29H33N3O2. The number of hydrogen-bond donors (Lipinski definition) is 1. The molecule has 0 saturated carbocycles. The van der Waals surface area contributed by atoms with Gasteiger partial charge in [0.25, 0.3) is 0 Å². The van der Waals surface area contributed by atoms with E-state index in [2.05, 4.69) is 10.2 Å². The van der Waals surface area contributed by atoms with Gasteiger partial charge in [-0.25, -0.2) is 0 Å². The molecule has 34 heavy (non-hydrogen) atoms. The van der Waals surface area contributed by atoms with Crippen molar-refractivity contribution in [2.24, 2.45) is 5.92 Å². The number of rotatable bonds is 6. The van der Waals surface area contributed by atoms with E-state index in [1.54, 1.807) is 0 Å². The number of amides is 2. The van der Waals surface area contributed by atoms with E-state index >= 15 is 0 Å². The molecule has 1 N–H and O–H groups in total. The lowest BCUT2D eigenvalue weighted by molar-refractivity contribution is -0.134. The fourth-order valence-corrected chi connectivity index (χ4v) is 4.53. The standard InChI is InChI=1S/C29H33N3O2/c1-22(2)27(33)32-20-18-31(19-21-32)26-16-14-25(15-17-26)30-28(34)29(3,23-10-6-4-7-11-23)24-12-8-5-9-13-24/h4-17,22H,18-21H2,1-3H3,(H,30,34). The highest BCUT2D eigenvalue weighted by Crippen LogP contribution is 2.33. The third-order valence-corrected chi connectivity index (χ3v) is 6.73. The third kappa shape index (κ3) is 4.84. The van der Waals surface area contributed by atoms with Crippen LogP contribution in [-0.2, 0) is 15.0 Å². The van der Waals surface area contributed by atoms with Crippen molar-refractivity contribution >= 4 is 23.2 Å². The van der Waals surface area contributed by atoms with Gasteiger partial charge in [-0.3, -0.25) is 9.59 Å². The lowest BCUT2D eigenvalue weighted by Crippen LogP contribution is -2.49. The lowest BCUT2D eigenvalue weighted by atomic mass is 9.75. The van der Waals surface area contributed by atoms with E-state index in [1.807, 2.05) is 111 Å². The molecule has 3 aromatic rings. The van der Waals surface area contributed by atoms with Crippen molar-refractivity contribution < 1.29 is 9.59 Å². The van der Waals surface area contributed by atoms with Gasteiger partial charge < -0.3 is 15.1 Å².